The number of nitrogens with zero attached hydrogens (tertiary/aromatic N) is 2. The minimum atomic E-state index is -0.152. The molecule has 0 aromatic rings. The molecule has 0 N–H and O–H groups in total. The maximum absolute atomic E-state index is 11.9. The molecule has 0 saturated carbocycles. The third kappa shape index (κ3) is 2.60. The second kappa shape index (κ2) is 5.04. The highest BCUT2D eigenvalue weighted by Crippen LogP contribution is 2.25. The fourth-order valence-electron chi connectivity index (χ4n) is 2.61. The van der Waals surface area contributed by atoms with Crippen molar-refractivity contribution in [3.63, 3.8) is 0 Å². The van der Waals surface area contributed by atoms with Crippen LogP contribution >= 0.6 is 0 Å². The molecule has 2 rings (SSSR count). The summed E-state index contributed by atoms with van der Waals surface area (Å²) in [4.78, 5) is 27.2. The van der Waals surface area contributed by atoms with Gasteiger partial charge in [0.05, 0.1) is 5.92 Å². The molecule has 2 fully saturated rings. The third-order valence-electron chi connectivity index (χ3n) is 3.58. The minimum absolute atomic E-state index is 0.0629. The number of carbonyl (C=O) groups is 2. The normalized spacial score (nSPS) is 26.4. The van der Waals surface area contributed by atoms with Crippen molar-refractivity contribution in [1.82, 2.24) is 9.80 Å². The second-order valence-corrected chi connectivity index (χ2v) is 5.02. The number of ether oxygens (including phenoxy) is 1. The van der Waals surface area contributed by atoms with Crippen molar-refractivity contribution >= 4 is 11.8 Å². The van der Waals surface area contributed by atoms with Crippen LogP contribution in [0.4, 0.5) is 0 Å². The van der Waals surface area contributed by atoms with Gasteiger partial charge in [-0.15, -0.1) is 0 Å². The van der Waals surface area contributed by atoms with E-state index in [0.29, 0.717) is 13.0 Å². The average molecular weight is 240 g/mol. The van der Waals surface area contributed by atoms with E-state index in [1.54, 1.807) is 19.0 Å². The van der Waals surface area contributed by atoms with E-state index in [1.807, 2.05) is 4.90 Å². The van der Waals surface area contributed by atoms with E-state index < -0.39 is 0 Å². The molecule has 0 aromatic heterocycles. The van der Waals surface area contributed by atoms with Gasteiger partial charge in [-0.05, 0) is 12.8 Å². The highest BCUT2D eigenvalue weighted by molar-refractivity contribution is 5.89. The molecule has 0 spiro atoms. The summed E-state index contributed by atoms with van der Waals surface area (Å²) in [7, 11) is 3.48. The van der Waals surface area contributed by atoms with Crippen LogP contribution in [-0.4, -0.2) is 61.5 Å². The van der Waals surface area contributed by atoms with Crippen LogP contribution in [0.2, 0.25) is 0 Å². The summed E-state index contributed by atoms with van der Waals surface area (Å²) in [5.74, 6) is 0.0327. The molecule has 0 radical (unpaired) electrons. The smallest absolute Gasteiger partial charge is 0.227 e. The lowest BCUT2D eigenvalue weighted by molar-refractivity contribution is -0.133. The van der Waals surface area contributed by atoms with E-state index in [9.17, 15) is 9.59 Å². The topological polar surface area (TPSA) is 49.9 Å². The van der Waals surface area contributed by atoms with Gasteiger partial charge in [-0.1, -0.05) is 0 Å². The van der Waals surface area contributed by atoms with Crippen molar-refractivity contribution in [2.45, 2.75) is 25.3 Å². The maximum Gasteiger partial charge on any atom is 0.227 e. The minimum Gasteiger partial charge on any atom is -0.381 e. The van der Waals surface area contributed by atoms with E-state index in [-0.39, 0.29) is 23.8 Å². The van der Waals surface area contributed by atoms with E-state index in [1.165, 1.54) is 0 Å². The molecule has 5 heteroatoms. The third-order valence-corrected chi connectivity index (χ3v) is 3.58. The molecule has 5 nitrogen and oxygen atoms in total. The molecule has 17 heavy (non-hydrogen) atoms. The zero-order valence-electron chi connectivity index (χ0n) is 10.5. The van der Waals surface area contributed by atoms with Crippen molar-refractivity contribution in [2.75, 3.05) is 33.9 Å². The van der Waals surface area contributed by atoms with Crippen molar-refractivity contribution in [3.05, 3.63) is 0 Å². The number of amides is 2. The summed E-state index contributed by atoms with van der Waals surface area (Å²) in [5, 5.41) is 0. The van der Waals surface area contributed by atoms with Crippen LogP contribution in [-0.2, 0) is 14.3 Å². The van der Waals surface area contributed by atoms with Crippen LogP contribution in [0.1, 0.15) is 19.3 Å². The molecular formula is C12H20N2O3. The Morgan fingerprint density at radius 2 is 2.00 bits per heavy atom. The SMILES string of the molecule is CN(C)C(=O)C1CC(=O)N(C2CCOCC2)C1. The summed E-state index contributed by atoms with van der Waals surface area (Å²) >= 11 is 0. The highest BCUT2D eigenvalue weighted by Gasteiger charge is 2.38. The zero-order valence-corrected chi connectivity index (χ0v) is 10.5. The Labute approximate surface area is 102 Å². The molecule has 2 saturated heterocycles. The van der Waals surface area contributed by atoms with Crippen molar-refractivity contribution in [2.24, 2.45) is 5.92 Å². The monoisotopic (exact) mass is 240 g/mol. The predicted octanol–water partition coefficient (Wildman–Crippen LogP) is 0.102. The lowest BCUT2D eigenvalue weighted by Gasteiger charge is -2.31. The number of hydrogen-bond acceptors (Lipinski definition) is 3. The first kappa shape index (κ1) is 12.4. The van der Waals surface area contributed by atoms with Crippen molar-refractivity contribution < 1.29 is 14.3 Å². The summed E-state index contributed by atoms with van der Waals surface area (Å²) < 4.78 is 5.29. The molecule has 2 aliphatic heterocycles. The summed E-state index contributed by atoms with van der Waals surface area (Å²) in [6, 6.07) is 0.274. The summed E-state index contributed by atoms with van der Waals surface area (Å²) in [6.07, 6.45) is 2.16. The van der Waals surface area contributed by atoms with Crippen LogP contribution in [0, 0.1) is 5.92 Å². The molecule has 96 valence electrons. The molecule has 0 aliphatic carbocycles. The Kier molecular flexibility index (Phi) is 3.66. The number of hydrogen-bond donors (Lipinski definition) is 0. The first-order chi connectivity index (χ1) is 8.09. The number of carbonyl (C=O) groups excluding carboxylic acids is 2. The van der Waals surface area contributed by atoms with E-state index >= 15 is 0 Å². The molecular weight excluding hydrogens is 220 g/mol. The Balaban J connectivity index is 1.97. The van der Waals surface area contributed by atoms with Gasteiger partial charge in [0.1, 0.15) is 0 Å². The van der Waals surface area contributed by atoms with Gasteiger partial charge in [-0.2, -0.15) is 0 Å². The van der Waals surface area contributed by atoms with E-state index in [2.05, 4.69) is 0 Å². The van der Waals surface area contributed by atoms with Crippen LogP contribution < -0.4 is 0 Å². The van der Waals surface area contributed by atoms with E-state index in [4.69, 9.17) is 4.74 Å². The first-order valence-corrected chi connectivity index (χ1v) is 6.18. The first-order valence-electron chi connectivity index (χ1n) is 6.18. The zero-order chi connectivity index (χ0) is 12.4. The van der Waals surface area contributed by atoms with Gasteiger partial charge in [0.15, 0.2) is 0 Å². The van der Waals surface area contributed by atoms with Gasteiger partial charge in [-0.3, -0.25) is 9.59 Å². The largest absolute Gasteiger partial charge is 0.381 e. The summed E-state index contributed by atoms with van der Waals surface area (Å²) in [6.45, 7) is 2.03. The van der Waals surface area contributed by atoms with Crippen LogP contribution in [0.15, 0.2) is 0 Å². The number of likely N-dealkylation sites (tertiary alicyclic amines) is 1. The van der Waals surface area contributed by atoms with E-state index in [0.717, 1.165) is 26.1 Å². The Morgan fingerprint density at radius 3 is 2.59 bits per heavy atom. The predicted molar refractivity (Wildman–Crippen MR) is 62.4 cm³/mol. The van der Waals surface area contributed by atoms with Gasteiger partial charge in [0, 0.05) is 46.3 Å². The number of rotatable bonds is 2. The average Bonchev–Trinajstić information content (AvgIpc) is 2.71. The van der Waals surface area contributed by atoms with Crippen LogP contribution in [0.25, 0.3) is 0 Å². The standard InChI is InChI=1S/C12H20N2O3/c1-13(2)12(16)9-7-11(15)14(8-9)10-3-5-17-6-4-10/h9-10H,3-8H2,1-2H3. The summed E-state index contributed by atoms with van der Waals surface area (Å²) in [5.41, 5.74) is 0. The Morgan fingerprint density at radius 1 is 1.35 bits per heavy atom. The molecule has 2 heterocycles. The molecule has 1 atom stereocenters. The second-order valence-electron chi connectivity index (χ2n) is 5.02. The van der Waals surface area contributed by atoms with Gasteiger partial charge >= 0.3 is 0 Å². The van der Waals surface area contributed by atoms with Crippen LogP contribution in [0.5, 0.6) is 0 Å². The lowest BCUT2D eigenvalue weighted by Crippen LogP contribution is -2.41. The molecule has 1 unspecified atom stereocenters. The quantitative estimate of drug-likeness (QED) is 0.688. The van der Waals surface area contributed by atoms with Gasteiger partial charge in [0.2, 0.25) is 11.8 Å². The fraction of sp³-hybridized carbons (Fsp3) is 0.833. The molecule has 0 bridgehead atoms. The van der Waals surface area contributed by atoms with Crippen molar-refractivity contribution in [3.8, 4) is 0 Å². The van der Waals surface area contributed by atoms with Gasteiger partial charge in [0.25, 0.3) is 0 Å². The highest BCUT2D eigenvalue weighted by atomic mass is 16.5. The van der Waals surface area contributed by atoms with Gasteiger partial charge in [-0.25, -0.2) is 0 Å². The maximum atomic E-state index is 11.9. The lowest BCUT2D eigenvalue weighted by atomic mass is 10.1. The van der Waals surface area contributed by atoms with Gasteiger partial charge < -0.3 is 14.5 Å². The van der Waals surface area contributed by atoms with Crippen molar-refractivity contribution in [1.29, 1.82) is 0 Å². The van der Waals surface area contributed by atoms with Crippen LogP contribution in [0.3, 0.4) is 0 Å². The molecule has 2 aliphatic rings. The Hall–Kier alpha value is -1.10. The Bertz CT molecular complexity index is 311. The molecule has 2 amide bonds. The molecule has 0 aromatic carbocycles. The fourth-order valence-corrected chi connectivity index (χ4v) is 2.61.